The Kier molecular flexibility index (Phi) is 4.40. The highest BCUT2D eigenvalue weighted by atomic mass is 35.5. The molecular formula is C16H16ClNO2. The molecule has 2 aromatic rings. The van der Waals surface area contributed by atoms with E-state index in [4.69, 9.17) is 11.6 Å². The van der Waals surface area contributed by atoms with E-state index in [2.05, 4.69) is 18.8 Å². The molecule has 0 amide bonds. The fourth-order valence-corrected chi connectivity index (χ4v) is 2.50. The normalized spacial score (nSPS) is 12.4. The lowest BCUT2D eigenvalue weighted by Gasteiger charge is -2.22. The molecule has 1 N–H and O–H groups in total. The monoisotopic (exact) mass is 289 g/mol. The van der Waals surface area contributed by atoms with Gasteiger partial charge < -0.3 is 5.11 Å². The number of hydrogen-bond donors (Lipinski definition) is 1. The van der Waals surface area contributed by atoms with Gasteiger partial charge in [0.05, 0.1) is 11.3 Å². The van der Waals surface area contributed by atoms with Gasteiger partial charge in [-0.1, -0.05) is 37.6 Å². The summed E-state index contributed by atoms with van der Waals surface area (Å²) in [4.78, 5) is 15.7. The molecule has 0 aliphatic rings. The van der Waals surface area contributed by atoms with Crippen LogP contribution < -0.4 is 0 Å². The van der Waals surface area contributed by atoms with Gasteiger partial charge in [-0.15, -0.1) is 0 Å². The number of nitrogens with zero attached hydrogens (tertiary/aromatic N) is 1. The minimum absolute atomic E-state index is 0.0698. The third-order valence-corrected chi connectivity index (χ3v) is 3.51. The zero-order valence-electron chi connectivity index (χ0n) is 11.4. The van der Waals surface area contributed by atoms with E-state index < -0.39 is 5.97 Å². The van der Waals surface area contributed by atoms with Gasteiger partial charge in [0.25, 0.3) is 0 Å². The molecule has 1 aromatic carbocycles. The lowest BCUT2D eigenvalue weighted by atomic mass is 9.83. The molecule has 20 heavy (non-hydrogen) atoms. The molecule has 0 aliphatic heterocycles. The minimum atomic E-state index is -0.951. The summed E-state index contributed by atoms with van der Waals surface area (Å²) in [5.74, 6) is -0.795. The van der Waals surface area contributed by atoms with Gasteiger partial charge in [-0.05, 0) is 35.7 Å². The minimum Gasteiger partial charge on any atom is -0.478 e. The molecule has 0 bridgehead atoms. The third-order valence-electron chi connectivity index (χ3n) is 3.26. The third kappa shape index (κ3) is 2.99. The SMILES string of the molecule is CC(C)C(c1ccc(Cl)cc1)c1ncccc1C(=O)O. The molecule has 2 rings (SSSR count). The van der Waals surface area contributed by atoms with Gasteiger partial charge in [0.1, 0.15) is 0 Å². The molecule has 1 unspecified atom stereocenters. The number of halogens is 1. The van der Waals surface area contributed by atoms with Crippen LogP contribution in [0.2, 0.25) is 5.02 Å². The maximum atomic E-state index is 11.4. The van der Waals surface area contributed by atoms with Crippen molar-refractivity contribution in [1.29, 1.82) is 0 Å². The smallest absolute Gasteiger partial charge is 0.337 e. The number of rotatable bonds is 4. The van der Waals surface area contributed by atoms with Gasteiger partial charge in [-0.3, -0.25) is 4.98 Å². The summed E-state index contributed by atoms with van der Waals surface area (Å²) >= 11 is 5.91. The highest BCUT2D eigenvalue weighted by Gasteiger charge is 2.24. The highest BCUT2D eigenvalue weighted by Crippen LogP contribution is 2.33. The zero-order valence-corrected chi connectivity index (χ0v) is 12.1. The first-order valence-electron chi connectivity index (χ1n) is 6.44. The first kappa shape index (κ1) is 14.5. The van der Waals surface area contributed by atoms with Crippen molar-refractivity contribution in [2.75, 3.05) is 0 Å². The number of aromatic carboxylic acids is 1. The molecule has 104 valence electrons. The van der Waals surface area contributed by atoms with Crippen LogP contribution in [-0.4, -0.2) is 16.1 Å². The summed E-state index contributed by atoms with van der Waals surface area (Å²) in [5, 5.41) is 9.99. The molecule has 0 radical (unpaired) electrons. The molecule has 1 atom stereocenters. The summed E-state index contributed by atoms with van der Waals surface area (Å²) in [5.41, 5.74) is 1.86. The van der Waals surface area contributed by atoms with E-state index >= 15 is 0 Å². The molecule has 1 heterocycles. The Hall–Kier alpha value is -1.87. The van der Waals surface area contributed by atoms with Crippen molar-refractivity contribution in [2.45, 2.75) is 19.8 Å². The zero-order chi connectivity index (χ0) is 14.7. The molecule has 0 saturated carbocycles. The number of hydrogen-bond acceptors (Lipinski definition) is 2. The molecule has 0 aliphatic carbocycles. The summed E-state index contributed by atoms with van der Waals surface area (Å²) in [6, 6.07) is 10.7. The van der Waals surface area contributed by atoms with Gasteiger partial charge in [0.2, 0.25) is 0 Å². The molecule has 4 heteroatoms. The Balaban J connectivity index is 2.54. The Labute approximate surface area is 123 Å². The van der Waals surface area contributed by atoms with Gasteiger partial charge >= 0.3 is 5.97 Å². The van der Waals surface area contributed by atoms with Crippen LogP contribution >= 0.6 is 11.6 Å². The highest BCUT2D eigenvalue weighted by molar-refractivity contribution is 6.30. The average molecular weight is 290 g/mol. The van der Waals surface area contributed by atoms with E-state index in [1.54, 1.807) is 18.3 Å². The van der Waals surface area contributed by atoms with Crippen LogP contribution in [0, 0.1) is 5.92 Å². The lowest BCUT2D eigenvalue weighted by molar-refractivity contribution is 0.0694. The van der Waals surface area contributed by atoms with Crippen molar-refractivity contribution in [3.05, 3.63) is 64.4 Å². The number of carbonyl (C=O) groups is 1. The van der Waals surface area contributed by atoms with Crippen LogP contribution in [0.5, 0.6) is 0 Å². The number of pyridine rings is 1. The number of carboxylic acid groups (broad SMARTS) is 1. The Morgan fingerprint density at radius 2 is 1.85 bits per heavy atom. The number of carboxylic acids is 1. The van der Waals surface area contributed by atoms with Crippen molar-refractivity contribution < 1.29 is 9.90 Å². The summed E-state index contributed by atoms with van der Waals surface area (Å²) in [6.07, 6.45) is 1.63. The largest absolute Gasteiger partial charge is 0.478 e. The number of aromatic nitrogens is 1. The van der Waals surface area contributed by atoms with E-state index in [0.717, 1.165) is 5.56 Å². The second kappa shape index (κ2) is 6.06. The summed E-state index contributed by atoms with van der Waals surface area (Å²) in [6.45, 7) is 4.11. The fourth-order valence-electron chi connectivity index (χ4n) is 2.37. The topological polar surface area (TPSA) is 50.2 Å². The van der Waals surface area contributed by atoms with Gasteiger partial charge in [0.15, 0.2) is 0 Å². The predicted molar refractivity (Wildman–Crippen MR) is 79.3 cm³/mol. The van der Waals surface area contributed by atoms with Crippen molar-refractivity contribution >= 4 is 17.6 Å². The van der Waals surface area contributed by atoms with Crippen molar-refractivity contribution in [3.8, 4) is 0 Å². The summed E-state index contributed by atoms with van der Waals surface area (Å²) < 4.78 is 0. The molecule has 1 aromatic heterocycles. The molecule has 0 fully saturated rings. The maximum absolute atomic E-state index is 11.4. The van der Waals surface area contributed by atoms with Crippen LogP contribution in [0.1, 0.15) is 41.4 Å². The Morgan fingerprint density at radius 3 is 2.40 bits per heavy atom. The number of benzene rings is 1. The average Bonchev–Trinajstić information content (AvgIpc) is 2.41. The van der Waals surface area contributed by atoms with E-state index in [-0.39, 0.29) is 17.4 Å². The second-order valence-corrected chi connectivity index (χ2v) is 5.45. The van der Waals surface area contributed by atoms with Crippen LogP contribution in [-0.2, 0) is 0 Å². The van der Waals surface area contributed by atoms with Crippen molar-refractivity contribution in [1.82, 2.24) is 4.98 Å². The van der Waals surface area contributed by atoms with E-state index in [9.17, 15) is 9.90 Å². The molecule has 0 saturated heterocycles. The Morgan fingerprint density at radius 1 is 1.20 bits per heavy atom. The molecule has 3 nitrogen and oxygen atoms in total. The first-order chi connectivity index (χ1) is 9.50. The van der Waals surface area contributed by atoms with Gasteiger partial charge in [0, 0.05) is 17.1 Å². The van der Waals surface area contributed by atoms with E-state index in [0.29, 0.717) is 10.7 Å². The standard InChI is InChI=1S/C16H16ClNO2/c1-10(2)14(11-5-7-12(17)8-6-11)15-13(16(19)20)4-3-9-18-15/h3-10,14H,1-2H3,(H,19,20). The Bertz CT molecular complexity index is 608. The maximum Gasteiger partial charge on any atom is 0.337 e. The lowest BCUT2D eigenvalue weighted by Crippen LogP contribution is -2.15. The van der Waals surface area contributed by atoms with Crippen LogP contribution in [0.3, 0.4) is 0 Å². The van der Waals surface area contributed by atoms with Gasteiger partial charge in [-0.2, -0.15) is 0 Å². The van der Waals surface area contributed by atoms with Gasteiger partial charge in [-0.25, -0.2) is 4.79 Å². The van der Waals surface area contributed by atoms with Crippen molar-refractivity contribution in [2.24, 2.45) is 5.92 Å². The fraction of sp³-hybridized carbons (Fsp3) is 0.250. The van der Waals surface area contributed by atoms with Crippen LogP contribution in [0.4, 0.5) is 0 Å². The first-order valence-corrected chi connectivity index (χ1v) is 6.82. The van der Waals surface area contributed by atoms with Crippen LogP contribution in [0.15, 0.2) is 42.6 Å². The van der Waals surface area contributed by atoms with Crippen LogP contribution in [0.25, 0.3) is 0 Å². The quantitative estimate of drug-likeness (QED) is 0.917. The second-order valence-electron chi connectivity index (χ2n) is 5.01. The van der Waals surface area contributed by atoms with Crippen molar-refractivity contribution in [3.63, 3.8) is 0 Å². The predicted octanol–water partition coefficient (Wildman–Crippen LogP) is 4.22. The summed E-state index contributed by atoms with van der Waals surface area (Å²) in [7, 11) is 0. The van der Waals surface area contributed by atoms with E-state index in [1.807, 2.05) is 24.3 Å². The van der Waals surface area contributed by atoms with E-state index in [1.165, 1.54) is 0 Å². The molecule has 0 spiro atoms. The molecular weight excluding hydrogens is 274 g/mol.